The quantitative estimate of drug-likeness (QED) is 0.571. The van der Waals surface area contributed by atoms with Gasteiger partial charge in [-0.25, -0.2) is 4.39 Å². The number of rotatable bonds is 5. The van der Waals surface area contributed by atoms with Crippen LogP contribution < -0.4 is 0 Å². The van der Waals surface area contributed by atoms with Crippen LogP contribution in [0, 0.1) is 0 Å². The Hall–Kier alpha value is -1.63. The highest BCUT2D eigenvalue weighted by Gasteiger charge is 1.99. The van der Waals surface area contributed by atoms with Crippen molar-refractivity contribution in [1.29, 1.82) is 0 Å². The Morgan fingerprint density at radius 1 is 1.00 bits per heavy atom. The molecule has 15 heavy (non-hydrogen) atoms. The minimum atomic E-state index is -0.481. The molecule has 0 heterocycles. The smallest absolute Gasteiger partial charge is 0.116 e. The van der Waals surface area contributed by atoms with E-state index in [1.807, 2.05) is 19.1 Å². The lowest BCUT2D eigenvalue weighted by Gasteiger charge is -2.05. The van der Waals surface area contributed by atoms with Crippen LogP contribution in [0.25, 0.3) is 0 Å². The van der Waals surface area contributed by atoms with Gasteiger partial charge < -0.3 is 0 Å². The van der Waals surface area contributed by atoms with Gasteiger partial charge in [0.2, 0.25) is 0 Å². The minimum absolute atomic E-state index is 0.481. The van der Waals surface area contributed by atoms with Crippen molar-refractivity contribution in [1.82, 2.24) is 0 Å². The Balaban J connectivity index is 4.67. The summed E-state index contributed by atoms with van der Waals surface area (Å²) in [6.45, 7) is 18.2. The average Bonchev–Trinajstić information content (AvgIpc) is 2.11. The van der Waals surface area contributed by atoms with Gasteiger partial charge in [-0.15, -0.1) is 0 Å². The Morgan fingerprint density at radius 3 is 1.93 bits per heavy atom. The maximum Gasteiger partial charge on any atom is 0.116 e. The SMILES string of the molecule is C=C(C)/C=C\C(=C)C(=C)/C(C)=C\C(=C)F. The molecule has 0 aliphatic heterocycles. The van der Waals surface area contributed by atoms with Crippen molar-refractivity contribution < 1.29 is 4.39 Å². The second kappa shape index (κ2) is 5.97. The van der Waals surface area contributed by atoms with E-state index in [4.69, 9.17) is 0 Å². The van der Waals surface area contributed by atoms with Crippen LogP contribution >= 0.6 is 0 Å². The Morgan fingerprint density at radius 2 is 1.53 bits per heavy atom. The van der Waals surface area contributed by atoms with Gasteiger partial charge in [0.05, 0.1) is 0 Å². The molecule has 0 spiro atoms. The molecular weight excluding hydrogens is 187 g/mol. The zero-order valence-corrected chi connectivity index (χ0v) is 9.44. The van der Waals surface area contributed by atoms with Crippen LogP contribution in [-0.4, -0.2) is 0 Å². The fourth-order valence-electron chi connectivity index (χ4n) is 0.919. The molecule has 0 saturated heterocycles. The van der Waals surface area contributed by atoms with Crippen LogP contribution in [-0.2, 0) is 0 Å². The van der Waals surface area contributed by atoms with E-state index in [0.717, 1.165) is 16.7 Å². The summed E-state index contributed by atoms with van der Waals surface area (Å²) in [7, 11) is 0. The van der Waals surface area contributed by atoms with Crippen LogP contribution in [0.1, 0.15) is 13.8 Å². The van der Waals surface area contributed by atoms with E-state index >= 15 is 0 Å². The average molecular weight is 204 g/mol. The molecule has 0 N–H and O–H groups in total. The molecule has 80 valence electrons. The van der Waals surface area contributed by atoms with Gasteiger partial charge >= 0.3 is 0 Å². The first-order valence-corrected chi connectivity index (χ1v) is 4.59. The lowest BCUT2D eigenvalue weighted by Crippen LogP contribution is -1.86. The third-order valence-electron chi connectivity index (χ3n) is 1.81. The summed E-state index contributed by atoms with van der Waals surface area (Å²) in [5.74, 6) is -0.481. The number of allylic oxidation sites excluding steroid dienone is 8. The molecule has 0 aliphatic carbocycles. The van der Waals surface area contributed by atoms with Gasteiger partial charge in [0, 0.05) is 0 Å². The maximum absolute atomic E-state index is 12.5. The molecule has 0 unspecified atom stereocenters. The van der Waals surface area contributed by atoms with E-state index in [-0.39, 0.29) is 0 Å². The number of halogens is 1. The maximum atomic E-state index is 12.5. The van der Waals surface area contributed by atoms with Crippen molar-refractivity contribution in [2.24, 2.45) is 0 Å². The first-order valence-electron chi connectivity index (χ1n) is 4.59. The highest BCUT2D eigenvalue weighted by Crippen LogP contribution is 2.18. The Labute approximate surface area is 91.5 Å². The van der Waals surface area contributed by atoms with Gasteiger partial charge in [-0.3, -0.25) is 0 Å². The highest BCUT2D eigenvalue weighted by molar-refractivity contribution is 5.49. The summed E-state index contributed by atoms with van der Waals surface area (Å²) in [6.07, 6.45) is 4.98. The van der Waals surface area contributed by atoms with Gasteiger partial charge in [0.1, 0.15) is 5.83 Å². The van der Waals surface area contributed by atoms with Crippen LogP contribution in [0.2, 0.25) is 0 Å². The molecule has 0 atom stereocenters. The molecule has 0 aromatic heterocycles. The molecule has 0 fully saturated rings. The lowest BCUT2D eigenvalue weighted by atomic mass is 10.0. The molecule has 0 nitrogen and oxygen atoms in total. The number of hydrogen-bond donors (Lipinski definition) is 0. The van der Waals surface area contributed by atoms with Gasteiger partial charge in [-0.2, -0.15) is 0 Å². The zero-order chi connectivity index (χ0) is 12.0. The van der Waals surface area contributed by atoms with Crippen molar-refractivity contribution in [3.05, 3.63) is 72.7 Å². The lowest BCUT2D eigenvalue weighted by molar-refractivity contribution is 0.670. The van der Waals surface area contributed by atoms with Gasteiger partial charge in [-0.05, 0) is 36.6 Å². The summed E-state index contributed by atoms with van der Waals surface area (Å²) in [6, 6.07) is 0. The number of hydrogen-bond acceptors (Lipinski definition) is 0. The molecule has 0 rings (SSSR count). The minimum Gasteiger partial charge on any atom is -0.208 e. The van der Waals surface area contributed by atoms with Crippen LogP contribution in [0.5, 0.6) is 0 Å². The molecule has 0 saturated carbocycles. The fourth-order valence-corrected chi connectivity index (χ4v) is 0.919. The fraction of sp³-hybridized carbons (Fsp3) is 0.143. The summed E-state index contributed by atoms with van der Waals surface area (Å²) in [4.78, 5) is 0. The van der Waals surface area contributed by atoms with E-state index < -0.39 is 5.83 Å². The summed E-state index contributed by atoms with van der Waals surface area (Å²) >= 11 is 0. The molecular formula is C14H17F. The normalized spacial score (nSPS) is 11.5. The monoisotopic (exact) mass is 204 g/mol. The summed E-state index contributed by atoms with van der Waals surface area (Å²) in [5.41, 5.74) is 3.10. The van der Waals surface area contributed by atoms with Crippen molar-refractivity contribution in [3.8, 4) is 0 Å². The third-order valence-corrected chi connectivity index (χ3v) is 1.81. The van der Waals surface area contributed by atoms with Gasteiger partial charge in [-0.1, -0.05) is 44.0 Å². The topological polar surface area (TPSA) is 0 Å². The third kappa shape index (κ3) is 5.63. The van der Waals surface area contributed by atoms with E-state index in [2.05, 4.69) is 26.3 Å². The predicted molar refractivity (Wildman–Crippen MR) is 66.2 cm³/mol. The Kier molecular flexibility index (Phi) is 5.32. The van der Waals surface area contributed by atoms with Crippen molar-refractivity contribution >= 4 is 0 Å². The summed E-state index contributed by atoms with van der Waals surface area (Å²) < 4.78 is 12.5. The standard InChI is InChI=1S/C14H17F/c1-10(2)7-8-11(3)14(6)12(4)9-13(5)15/h7-9H,1,3,5-6H2,2,4H3/b8-7-,12-9-. The molecule has 0 aromatic carbocycles. The molecule has 0 bridgehead atoms. The van der Waals surface area contributed by atoms with E-state index in [9.17, 15) is 4.39 Å². The van der Waals surface area contributed by atoms with Crippen LogP contribution in [0.3, 0.4) is 0 Å². The second-order valence-electron chi connectivity index (χ2n) is 3.46. The first kappa shape index (κ1) is 13.4. The Bertz CT molecular complexity index is 365. The van der Waals surface area contributed by atoms with Crippen molar-refractivity contribution in [2.45, 2.75) is 13.8 Å². The van der Waals surface area contributed by atoms with Crippen molar-refractivity contribution in [3.63, 3.8) is 0 Å². The molecule has 1 heteroatoms. The molecule has 0 aliphatic rings. The summed E-state index contributed by atoms with van der Waals surface area (Å²) in [5, 5.41) is 0. The molecule has 0 radical (unpaired) electrons. The molecule has 0 aromatic rings. The predicted octanol–water partition coefficient (Wildman–Crippen LogP) is 4.66. The van der Waals surface area contributed by atoms with E-state index in [1.165, 1.54) is 6.08 Å². The van der Waals surface area contributed by atoms with Crippen LogP contribution in [0.4, 0.5) is 4.39 Å². The highest BCUT2D eigenvalue weighted by atomic mass is 19.1. The van der Waals surface area contributed by atoms with E-state index in [1.54, 1.807) is 6.92 Å². The van der Waals surface area contributed by atoms with Crippen molar-refractivity contribution in [2.75, 3.05) is 0 Å². The second-order valence-corrected chi connectivity index (χ2v) is 3.46. The van der Waals surface area contributed by atoms with E-state index in [0.29, 0.717) is 5.57 Å². The first-order chi connectivity index (χ1) is 6.84. The largest absolute Gasteiger partial charge is 0.208 e. The van der Waals surface area contributed by atoms with Gasteiger partial charge in [0.25, 0.3) is 0 Å². The zero-order valence-electron chi connectivity index (χ0n) is 9.44. The van der Waals surface area contributed by atoms with Crippen LogP contribution in [0.15, 0.2) is 72.7 Å². The van der Waals surface area contributed by atoms with Gasteiger partial charge in [0.15, 0.2) is 0 Å². The molecule has 0 amide bonds.